The van der Waals surface area contributed by atoms with E-state index in [4.69, 9.17) is 17.3 Å². The summed E-state index contributed by atoms with van der Waals surface area (Å²) in [6.45, 7) is 0. The van der Waals surface area contributed by atoms with E-state index in [1.807, 2.05) is 6.07 Å². The summed E-state index contributed by atoms with van der Waals surface area (Å²) in [6, 6.07) is 13.2. The van der Waals surface area contributed by atoms with Crippen molar-refractivity contribution in [3.8, 4) is 0 Å². The number of hydrogen-bond donors (Lipinski definition) is 2. The average Bonchev–Trinajstić information content (AvgIpc) is 2.62. The van der Waals surface area contributed by atoms with Gasteiger partial charge in [-0.05, 0) is 97.6 Å². The van der Waals surface area contributed by atoms with Crippen LogP contribution in [0, 0.1) is 17.8 Å². The molecule has 0 aliphatic heterocycles. The van der Waals surface area contributed by atoms with Crippen molar-refractivity contribution in [1.82, 2.24) is 0 Å². The predicted octanol–water partition coefficient (Wildman–Crippen LogP) is 5.64. The van der Waals surface area contributed by atoms with Crippen LogP contribution in [0.4, 0.5) is 11.4 Å². The van der Waals surface area contributed by atoms with Gasteiger partial charge in [-0.3, -0.25) is 4.79 Å². The van der Waals surface area contributed by atoms with Crippen LogP contribution < -0.4 is 11.1 Å². The molecular formula is C23H25ClN2O. The van der Waals surface area contributed by atoms with E-state index in [-0.39, 0.29) is 5.91 Å². The second kappa shape index (κ2) is 6.27. The molecule has 0 unspecified atom stereocenters. The van der Waals surface area contributed by atoms with Gasteiger partial charge >= 0.3 is 0 Å². The average molecular weight is 381 g/mol. The van der Waals surface area contributed by atoms with Crippen LogP contribution in [0.3, 0.4) is 0 Å². The van der Waals surface area contributed by atoms with Gasteiger partial charge in [0, 0.05) is 11.3 Å². The Labute approximate surface area is 165 Å². The first-order valence-corrected chi connectivity index (χ1v) is 10.4. The van der Waals surface area contributed by atoms with Crippen LogP contribution in [0.15, 0.2) is 42.5 Å². The van der Waals surface area contributed by atoms with E-state index in [0.29, 0.717) is 27.4 Å². The van der Waals surface area contributed by atoms with Gasteiger partial charge in [0.2, 0.25) is 0 Å². The van der Waals surface area contributed by atoms with Gasteiger partial charge in [-0.1, -0.05) is 23.7 Å². The number of anilines is 2. The van der Waals surface area contributed by atoms with Gasteiger partial charge in [-0.25, -0.2) is 0 Å². The van der Waals surface area contributed by atoms with E-state index in [9.17, 15) is 4.79 Å². The van der Waals surface area contributed by atoms with Crippen LogP contribution in [-0.4, -0.2) is 5.91 Å². The van der Waals surface area contributed by atoms with Crippen molar-refractivity contribution in [1.29, 1.82) is 0 Å². The van der Waals surface area contributed by atoms with Gasteiger partial charge in [-0.15, -0.1) is 0 Å². The van der Waals surface area contributed by atoms with Crippen LogP contribution in [-0.2, 0) is 5.41 Å². The summed E-state index contributed by atoms with van der Waals surface area (Å²) >= 11 is 6.59. The SMILES string of the molecule is Nc1cccc(C(=O)Nc2ccc(C34CC5CC(CC(C5)C3)C4)cc2Cl)c1. The highest BCUT2D eigenvalue weighted by Crippen LogP contribution is 2.60. The zero-order chi connectivity index (χ0) is 18.6. The molecule has 4 aliphatic rings. The monoisotopic (exact) mass is 380 g/mol. The van der Waals surface area contributed by atoms with Gasteiger partial charge in [0.25, 0.3) is 5.91 Å². The summed E-state index contributed by atoms with van der Waals surface area (Å²) in [7, 11) is 0. The van der Waals surface area contributed by atoms with E-state index in [0.717, 1.165) is 17.8 Å². The molecule has 0 saturated heterocycles. The largest absolute Gasteiger partial charge is 0.399 e. The second-order valence-electron chi connectivity index (χ2n) is 8.97. The zero-order valence-electron chi connectivity index (χ0n) is 15.4. The topological polar surface area (TPSA) is 55.1 Å². The number of amides is 1. The summed E-state index contributed by atoms with van der Waals surface area (Å²) in [5.74, 6) is 2.51. The molecular weight excluding hydrogens is 356 g/mol. The Kier molecular flexibility index (Phi) is 3.98. The summed E-state index contributed by atoms with van der Waals surface area (Å²) in [6.07, 6.45) is 8.23. The Morgan fingerprint density at radius 2 is 1.67 bits per heavy atom. The van der Waals surface area contributed by atoms with Gasteiger partial charge in [0.1, 0.15) is 0 Å². The molecule has 4 heteroatoms. The maximum atomic E-state index is 12.5. The van der Waals surface area contributed by atoms with Gasteiger partial charge in [-0.2, -0.15) is 0 Å². The molecule has 27 heavy (non-hydrogen) atoms. The fourth-order valence-electron chi connectivity index (χ4n) is 6.28. The Morgan fingerprint density at radius 3 is 2.26 bits per heavy atom. The molecule has 0 spiro atoms. The summed E-state index contributed by atoms with van der Waals surface area (Å²) in [5.41, 5.74) is 9.24. The molecule has 6 rings (SSSR count). The molecule has 0 heterocycles. The molecule has 0 radical (unpaired) electrons. The molecule has 4 fully saturated rings. The lowest BCUT2D eigenvalue weighted by atomic mass is 9.48. The smallest absolute Gasteiger partial charge is 0.255 e. The first-order valence-electron chi connectivity index (χ1n) is 9.98. The van der Waals surface area contributed by atoms with Gasteiger partial charge in [0.15, 0.2) is 0 Å². The third-order valence-corrected chi connectivity index (χ3v) is 7.33. The quantitative estimate of drug-likeness (QED) is 0.676. The molecule has 4 bridgehead atoms. The van der Waals surface area contributed by atoms with Crippen LogP contribution in [0.25, 0.3) is 0 Å². The minimum absolute atomic E-state index is 0.188. The first kappa shape index (κ1) is 17.1. The minimum atomic E-state index is -0.188. The third-order valence-electron chi connectivity index (χ3n) is 7.02. The highest BCUT2D eigenvalue weighted by atomic mass is 35.5. The molecule has 3 N–H and O–H groups in total. The third kappa shape index (κ3) is 3.02. The second-order valence-corrected chi connectivity index (χ2v) is 9.38. The number of hydrogen-bond acceptors (Lipinski definition) is 2. The summed E-state index contributed by atoms with van der Waals surface area (Å²) in [5, 5.41) is 3.55. The number of carbonyl (C=O) groups is 1. The number of benzene rings is 2. The Hall–Kier alpha value is -2.00. The molecule has 3 nitrogen and oxygen atoms in total. The number of nitrogens with two attached hydrogens (primary N) is 1. The molecule has 2 aromatic carbocycles. The first-order chi connectivity index (χ1) is 13.0. The van der Waals surface area contributed by atoms with Crippen molar-refractivity contribution in [3.63, 3.8) is 0 Å². The lowest BCUT2D eigenvalue weighted by Crippen LogP contribution is -2.48. The molecule has 4 aliphatic carbocycles. The highest BCUT2D eigenvalue weighted by Gasteiger charge is 2.51. The number of carbonyl (C=O) groups excluding carboxylic acids is 1. The van der Waals surface area contributed by atoms with E-state index < -0.39 is 0 Å². The highest BCUT2D eigenvalue weighted by molar-refractivity contribution is 6.34. The van der Waals surface area contributed by atoms with Crippen molar-refractivity contribution in [2.75, 3.05) is 11.1 Å². The van der Waals surface area contributed by atoms with E-state index >= 15 is 0 Å². The Morgan fingerprint density at radius 1 is 1.00 bits per heavy atom. The molecule has 2 aromatic rings. The standard InChI is InChI=1S/C23H25ClN2O/c24-20-10-18(23-11-14-6-15(12-23)8-16(7-14)13-23)4-5-21(20)26-22(27)17-2-1-3-19(25)9-17/h1-5,9-10,14-16H,6-8,11-13,25H2,(H,26,27). The lowest BCUT2D eigenvalue weighted by molar-refractivity contribution is -0.00517. The fraction of sp³-hybridized carbons (Fsp3) is 0.435. The van der Waals surface area contributed by atoms with Gasteiger partial charge < -0.3 is 11.1 Å². The van der Waals surface area contributed by atoms with Gasteiger partial charge in [0.05, 0.1) is 10.7 Å². The molecule has 0 atom stereocenters. The number of nitrogens with one attached hydrogen (secondary N) is 1. The van der Waals surface area contributed by atoms with Crippen LogP contribution in [0.1, 0.15) is 54.4 Å². The van der Waals surface area contributed by atoms with Crippen molar-refractivity contribution in [3.05, 3.63) is 58.6 Å². The van der Waals surface area contributed by atoms with E-state index in [1.54, 1.807) is 24.3 Å². The van der Waals surface area contributed by atoms with Crippen molar-refractivity contribution < 1.29 is 4.79 Å². The van der Waals surface area contributed by atoms with Crippen molar-refractivity contribution in [2.24, 2.45) is 17.8 Å². The maximum Gasteiger partial charge on any atom is 0.255 e. The normalized spacial score (nSPS) is 31.1. The minimum Gasteiger partial charge on any atom is -0.399 e. The van der Waals surface area contributed by atoms with Crippen molar-refractivity contribution in [2.45, 2.75) is 43.9 Å². The lowest BCUT2D eigenvalue weighted by Gasteiger charge is -2.57. The summed E-state index contributed by atoms with van der Waals surface area (Å²) in [4.78, 5) is 12.5. The Balaban J connectivity index is 1.39. The number of rotatable bonds is 3. The van der Waals surface area contributed by atoms with Crippen LogP contribution in [0.5, 0.6) is 0 Å². The van der Waals surface area contributed by atoms with Crippen LogP contribution in [0.2, 0.25) is 5.02 Å². The molecule has 0 aromatic heterocycles. The van der Waals surface area contributed by atoms with E-state index in [1.165, 1.54) is 44.1 Å². The zero-order valence-corrected chi connectivity index (χ0v) is 16.1. The van der Waals surface area contributed by atoms with Crippen molar-refractivity contribution >= 4 is 28.9 Å². The summed E-state index contributed by atoms with van der Waals surface area (Å²) < 4.78 is 0. The van der Waals surface area contributed by atoms with Crippen LogP contribution >= 0.6 is 11.6 Å². The van der Waals surface area contributed by atoms with E-state index in [2.05, 4.69) is 17.4 Å². The predicted molar refractivity (Wildman–Crippen MR) is 110 cm³/mol. The number of halogens is 1. The maximum absolute atomic E-state index is 12.5. The Bertz CT molecular complexity index is 872. The molecule has 1 amide bonds. The molecule has 4 saturated carbocycles. The number of nitrogen functional groups attached to an aromatic ring is 1. The fourth-order valence-corrected chi connectivity index (χ4v) is 6.51. The molecule has 140 valence electrons.